The lowest BCUT2D eigenvalue weighted by atomic mass is 9.79. The molecule has 2 aliphatic heterocycles. The number of hydrogen-bond donors (Lipinski definition) is 1. The van der Waals surface area contributed by atoms with Crippen LogP contribution in [0.4, 0.5) is 18.9 Å². The van der Waals surface area contributed by atoms with E-state index >= 15 is 0 Å². The maximum absolute atomic E-state index is 12.9. The number of benzene rings is 2. The van der Waals surface area contributed by atoms with Gasteiger partial charge in [-0.25, -0.2) is 9.59 Å². The fourth-order valence-corrected chi connectivity index (χ4v) is 4.35. The van der Waals surface area contributed by atoms with Crippen LogP contribution in [0.2, 0.25) is 0 Å². The van der Waals surface area contributed by atoms with Gasteiger partial charge in [0.25, 0.3) is 0 Å². The second-order valence-electron chi connectivity index (χ2n) is 7.92. The third kappa shape index (κ3) is 4.88. The maximum Gasteiger partial charge on any atom is 0.573 e. The Bertz CT molecular complexity index is 1160. The standard InChI is InChI=1S/C25H22F3NO6/c1-32-22(30)20-18-12-13-24(35-18,21(20)23(31)33-2)19(29-16-6-4-3-5-7-16)14-15-8-10-17(11-9-15)34-25(26,27)28/h3-13,18-19,29H,14H2,1-2H3. The SMILES string of the molecule is COC(=O)C1=C(C(=O)OC)C2(C(Cc3ccc(OC(F)(F)F)cc3)Nc3ccccc3)C=CC1O2. The van der Waals surface area contributed by atoms with Crippen molar-refractivity contribution in [3.63, 3.8) is 0 Å². The average molecular weight is 489 g/mol. The summed E-state index contributed by atoms with van der Waals surface area (Å²) >= 11 is 0. The van der Waals surface area contributed by atoms with E-state index in [-0.39, 0.29) is 23.3 Å². The van der Waals surface area contributed by atoms with E-state index in [0.29, 0.717) is 11.3 Å². The predicted molar refractivity (Wildman–Crippen MR) is 118 cm³/mol. The highest BCUT2D eigenvalue weighted by Crippen LogP contribution is 2.47. The van der Waals surface area contributed by atoms with Crippen LogP contribution in [0.5, 0.6) is 5.75 Å². The topological polar surface area (TPSA) is 83.1 Å². The van der Waals surface area contributed by atoms with Gasteiger partial charge in [0.1, 0.15) is 17.5 Å². The van der Waals surface area contributed by atoms with Crippen molar-refractivity contribution in [3.05, 3.63) is 83.5 Å². The zero-order valence-corrected chi connectivity index (χ0v) is 18.8. The summed E-state index contributed by atoms with van der Waals surface area (Å²) in [5.41, 5.74) is 0.0252. The summed E-state index contributed by atoms with van der Waals surface area (Å²) < 4.78 is 57.6. The zero-order valence-electron chi connectivity index (χ0n) is 18.8. The van der Waals surface area contributed by atoms with Crippen molar-refractivity contribution >= 4 is 17.6 Å². The van der Waals surface area contributed by atoms with E-state index in [4.69, 9.17) is 14.2 Å². The molecule has 3 unspecified atom stereocenters. The maximum atomic E-state index is 12.9. The summed E-state index contributed by atoms with van der Waals surface area (Å²) in [6.07, 6.45) is -2.03. The number of hydrogen-bond acceptors (Lipinski definition) is 7. The summed E-state index contributed by atoms with van der Waals surface area (Å²) in [4.78, 5) is 25.4. The normalized spacial score (nSPS) is 21.6. The van der Waals surface area contributed by atoms with Crippen molar-refractivity contribution in [1.82, 2.24) is 0 Å². The van der Waals surface area contributed by atoms with Gasteiger partial charge in [0.15, 0.2) is 0 Å². The van der Waals surface area contributed by atoms with E-state index in [2.05, 4.69) is 10.1 Å². The van der Waals surface area contributed by atoms with Crippen molar-refractivity contribution in [3.8, 4) is 5.75 Å². The van der Waals surface area contributed by atoms with Gasteiger partial charge in [-0.15, -0.1) is 13.2 Å². The summed E-state index contributed by atoms with van der Waals surface area (Å²) in [6, 6.07) is 13.9. The first kappa shape index (κ1) is 24.3. The molecule has 2 aliphatic rings. The quantitative estimate of drug-likeness (QED) is 0.444. The highest BCUT2D eigenvalue weighted by atomic mass is 19.4. The summed E-state index contributed by atoms with van der Waals surface area (Å²) in [5, 5.41) is 3.35. The first-order chi connectivity index (χ1) is 16.7. The Morgan fingerprint density at radius 1 is 1.03 bits per heavy atom. The molecule has 2 heterocycles. The summed E-state index contributed by atoms with van der Waals surface area (Å²) in [7, 11) is 2.41. The number of ether oxygens (including phenoxy) is 4. The number of rotatable bonds is 8. The Balaban J connectivity index is 1.74. The van der Waals surface area contributed by atoms with Crippen molar-refractivity contribution < 1.29 is 41.7 Å². The summed E-state index contributed by atoms with van der Waals surface area (Å²) in [5.74, 6) is -1.81. The Morgan fingerprint density at radius 3 is 2.29 bits per heavy atom. The van der Waals surface area contributed by atoms with Gasteiger partial charge in [-0.1, -0.05) is 36.4 Å². The molecule has 10 heteroatoms. The number of nitrogens with one attached hydrogen (secondary N) is 1. The van der Waals surface area contributed by atoms with Crippen LogP contribution in [0, 0.1) is 0 Å². The van der Waals surface area contributed by atoms with Gasteiger partial charge in [-0.3, -0.25) is 0 Å². The number of alkyl halides is 3. The largest absolute Gasteiger partial charge is 0.573 e. The number of esters is 2. The van der Waals surface area contributed by atoms with Gasteiger partial charge in [-0.2, -0.15) is 0 Å². The molecule has 2 bridgehead atoms. The molecule has 4 rings (SSSR count). The van der Waals surface area contributed by atoms with Crippen LogP contribution < -0.4 is 10.1 Å². The van der Waals surface area contributed by atoms with Crippen LogP contribution in [-0.4, -0.2) is 50.3 Å². The van der Waals surface area contributed by atoms with Crippen LogP contribution in [0.15, 0.2) is 77.9 Å². The first-order valence-electron chi connectivity index (χ1n) is 10.6. The molecule has 0 saturated carbocycles. The van der Waals surface area contributed by atoms with E-state index in [9.17, 15) is 22.8 Å². The second kappa shape index (κ2) is 9.46. The van der Waals surface area contributed by atoms with Crippen molar-refractivity contribution in [2.75, 3.05) is 19.5 Å². The van der Waals surface area contributed by atoms with Crippen molar-refractivity contribution in [1.29, 1.82) is 0 Å². The number of anilines is 1. The third-order valence-electron chi connectivity index (χ3n) is 5.81. The molecule has 0 saturated heterocycles. The molecule has 0 radical (unpaired) electrons. The highest BCUT2D eigenvalue weighted by Gasteiger charge is 2.58. The van der Waals surface area contributed by atoms with E-state index in [1.54, 1.807) is 12.2 Å². The minimum absolute atomic E-state index is 0.0183. The van der Waals surface area contributed by atoms with Gasteiger partial charge >= 0.3 is 18.3 Å². The van der Waals surface area contributed by atoms with Crippen molar-refractivity contribution in [2.24, 2.45) is 0 Å². The van der Waals surface area contributed by atoms with Crippen molar-refractivity contribution in [2.45, 2.75) is 30.5 Å². The fraction of sp³-hybridized carbons (Fsp3) is 0.280. The number of methoxy groups -OCH3 is 2. The molecule has 1 N–H and O–H groups in total. The Morgan fingerprint density at radius 2 is 1.69 bits per heavy atom. The number of para-hydroxylation sites is 1. The van der Waals surface area contributed by atoms with Gasteiger partial charge < -0.3 is 24.3 Å². The Labute approximate surface area is 199 Å². The van der Waals surface area contributed by atoms with E-state index in [1.807, 2.05) is 30.3 Å². The molecule has 2 aromatic rings. The number of carbonyl (C=O) groups is 2. The Hall–Kier alpha value is -3.79. The molecular weight excluding hydrogens is 467 g/mol. The van der Waals surface area contributed by atoms with Gasteiger partial charge in [0, 0.05) is 5.69 Å². The van der Waals surface area contributed by atoms with E-state index < -0.39 is 36.0 Å². The van der Waals surface area contributed by atoms with Gasteiger partial charge in [0.05, 0.1) is 31.4 Å². The molecule has 35 heavy (non-hydrogen) atoms. The number of fused-ring (bicyclic) bond motifs is 2. The molecule has 2 aromatic carbocycles. The molecule has 0 aromatic heterocycles. The minimum atomic E-state index is -4.80. The Kier molecular flexibility index (Phi) is 6.58. The minimum Gasteiger partial charge on any atom is -0.466 e. The number of halogens is 3. The average Bonchev–Trinajstić information content (AvgIpc) is 3.42. The van der Waals surface area contributed by atoms with Crippen LogP contribution in [0.1, 0.15) is 5.56 Å². The molecule has 0 amide bonds. The molecule has 3 atom stereocenters. The molecule has 0 spiro atoms. The van der Waals surface area contributed by atoms with Crippen LogP contribution >= 0.6 is 0 Å². The van der Waals surface area contributed by atoms with Gasteiger partial charge in [-0.05, 0) is 42.3 Å². The lowest BCUT2D eigenvalue weighted by molar-refractivity contribution is -0.274. The summed E-state index contributed by atoms with van der Waals surface area (Å²) in [6.45, 7) is 0. The fourth-order valence-electron chi connectivity index (χ4n) is 4.35. The molecule has 7 nitrogen and oxygen atoms in total. The molecule has 0 fully saturated rings. The van der Waals surface area contributed by atoms with E-state index in [0.717, 1.165) is 0 Å². The third-order valence-corrected chi connectivity index (χ3v) is 5.81. The first-order valence-corrected chi connectivity index (χ1v) is 10.6. The predicted octanol–water partition coefficient (Wildman–Crippen LogP) is 3.96. The van der Waals surface area contributed by atoms with Crippen LogP contribution in [0.3, 0.4) is 0 Å². The lowest BCUT2D eigenvalue weighted by Crippen LogP contribution is -2.49. The molecular formula is C25H22F3NO6. The number of carbonyl (C=O) groups excluding carboxylic acids is 2. The zero-order chi connectivity index (χ0) is 25.2. The monoisotopic (exact) mass is 489 g/mol. The molecule has 0 aliphatic carbocycles. The highest BCUT2D eigenvalue weighted by molar-refractivity contribution is 6.05. The molecule has 184 valence electrons. The van der Waals surface area contributed by atoms with Crippen LogP contribution in [-0.2, 0) is 30.2 Å². The smallest absolute Gasteiger partial charge is 0.466 e. The van der Waals surface area contributed by atoms with E-state index in [1.165, 1.54) is 38.5 Å². The van der Waals surface area contributed by atoms with Gasteiger partial charge in [0.2, 0.25) is 0 Å². The lowest BCUT2D eigenvalue weighted by Gasteiger charge is -2.36. The van der Waals surface area contributed by atoms with Crippen LogP contribution in [0.25, 0.3) is 0 Å². The second-order valence-corrected chi connectivity index (χ2v) is 7.92.